The van der Waals surface area contributed by atoms with E-state index >= 15 is 0 Å². The Kier molecular flexibility index (Phi) is 0.381. The van der Waals surface area contributed by atoms with Crippen molar-refractivity contribution in [2.24, 2.45) is 23.2 Å². The van der Waals surface area contributed by atoms with Crippen molar-refractivity contribution >= 4 is 0 Å². The molecule has 3 saturated carbocycles. The molecule has 3 aliphatic carbocycles. The molecule has 0 heteroatoms. The van der Waals surface area contributed by atoms with Crippen LogP contribution in [0.25, 0.3) is 0 Å². The number of hydrogen-bond acceptors (Lipinski definition) is 0. The van der Waals surface area contributed by atoms with Gasteiger partial charge in [0.1, 0.15) is 0 Å². The molecule has 0 radical (unpaired) electrons. The minimum Gasteiger partial charge on any atom is -0.0617 e. The fourth-order valence-corrected chi connectivity index (χ4v) is 3.40. The van der Waals surface area contributed by atoms with E-state index in [1.54, 1.807) is 19.3 Å². The van der Waals surface area contributed by atoms with Crippen molar-refractivity contribution in [3.8, 4) is 0 Å². The maximum atomic E-state index is 2.45. The predicted octanol–water partition coefficient (Wildman–Crippen LogP) is 2.05. The van der Waals surface area contributed by atoms with Gasteiger partial charge >= 0.3 is 0 Å². The molecule has 0 nitrogen and oxygen atoms in total. The molecule has 0 aromatic rings. The lowest BCUT2D eigenvalue weighted by atomic mass is 10.2. The second-order valence-corrected chi connectivity index (χ2v) is 3.99. The van der Waals surface area contributed by atoms with Crippen LogP contribution in [0.4, 0.5) is 0 Å². The first kappa shape index (κ1) is 3.92. The molecule has 0 N–H and O–H groups in total. The Morgan fingerprint density at radius 2 is 2.25 bits per heavy atom. The number of rotatable bonds is 0. The van der Waals surface area contributed by atoms with Crippen molar-refractivity contribution in [2.45, 2.75) is 26.2 Å². The summed E-state index contributed by atoms with van der Waals surface area (Å²) in [7, 11) is 0. The predicted molar refractivity (Wildman–Crippen MR) is 32.4 cm³/mol. The Labute approximate surface area is 50.3 Å². The lowest BCUT2D eigenvalue weighted by molar-refractivity contribution is 0.608. The zero-order chi connectivity index (χ0) is 5.35. The Balaban J connectivity index is 2.05. The van der Waals surface area contributed by atoms with Crippen LogP contribution in [0, 0.1) is 23.2 Å². The highest BCUT2D eigenvalue weighted by Crippen LogP contribution is 2.84. The second-order valence-electron chi connectivity index (χ2n) is 3.99. The van der Waals surface area contributed by atoms with Gasteiger partial charge in [-0.2, -0.15) is 0 Å². The van der Waals surface area contributed by atoms with Gasteiger partial charge < -0.3 is 0 Å². The highest BCUT2D eigenvalue weighted by molar-refractivity contribution is 5.26. The maximum Gasteiger partial charge on any atom is -0.0207 e. The van der Waals surface area contributed by atoms with Gasteiger partial charge in [0.25, 0.3) is 0 Å². The Morgan fingerprint density at radius 1 is 1.38 bits per heavy atom. The van der Waals surface area contributed by atoms with Crippen molar-refractivity contribution in [3.63, 3.8) is 0 Å². The first-order valence-corrected chi connectivity index (χ1v) is 3.86. The molecule has 44 valence electrons. The molecule has 0 aromatic heterocycles. The Morgan fingerprint density at radius 3 is 2.50 bits per heavy atom. The molecule has 3 rings (SSSR count). The highest BCUT2D eigenvalue weighted by atomic mass is 14.8. The van der Waals surface area contributed by atoms with E-state index in [4.69, 9.17) is 0 Å². The fraction of sp³-hybridized carbons (Fsp3) is 1.00. The van der Waals surface area contributed by atoms with Gasteiger partial charge in [-0.05, 0) is 42.4 Å². The van der Waals surface area contributed by atoms with E-state index in [2.05, 4.69) is 6.92 Å². The van der Waals surface area contributed by atoms with E-state index in [1.165, 1.54) is 11.8 Å². The zero-order valence-corrected chi connectivity index (χ0v) is 5.35. The maximum absolute atomic E-state index is 2.45. The molecule has 0 bridgehead atoms. The smallest absolute Gasteiger partial charge is 0.0207 e. The Bertz CT molecular complexity index is 146. The molecule has 0 amide bonds. The van der Waals surface area contributed by atoms with Crippen LogP contribution < -0.4 is 0 Å². The summed E-state index contributed by atoms with van der Waals surface area (Å²) >= 11 is 0. The SMILES string of the molecule is CC1C2CCC3CC312. The van der Waals surface area contributed by atoms with E-state index in [0.29, 0.717) is 0 Å². The summed E-state index contributed by atoms with van der Waals surface area (Å²) < 4.78 is 0. The summed E-state index contributed by atoms with van der Waals surface area (Å²) in [6.45, 7) is 2.45. The summed E-state index contributed by atoms with van der Waals surface area (Å²) in [5, 5.41) is 0. The summed E-state index contributed by atoms with van der Waals surface area (Å²) in [6.07, 6.45) is 4.76. The van der Waals surface area contributed by atoms with Gasteiger partial charge in [0.05, 0.1) is 0 Å². The lowest BCUT2D eigenvalue weighted by Gasteiger charge is -1.90. The van der Waals surface area contributed by atoms with Crippen molar-refractivity contribution in [1.82, 2.24) is 0 Å². The zero-order valence-electron chi connectivity index (χ0n) is 5.35. The molecule has 3 aliphatic rings. The third-order valence-corrected chi connectivity index (χ3v) is 4.06. The van der Waals surface area contributed by atoms with Crippen LogP contribution in [0.3, 0.4) is 0 Å². The molecular formula is C8H12. The Hall–Kier alpha value is 0. The third-order valence-electron chi connectivity index (χ3n) is 4.06. The fourth-order valence-electron chi connectivity index (χ4n) is 3.40. The summed E-state index contributed by atoms with van der Waals surface area (Å²) in [4.78, 5) is 0. The number of hydrogen-bond donors (Lipinski definition) is 0. The minimum absolute atomic E-state index is 0.986. The molecule has 3 fully saturated rings. The van der Waals surface area contributed by atoms with Gasteiger partial charge in [0.2, 0.25) is 0 Å². The summed E-state index contributed by atoms with van der Waals surface area (Å²) in [5.74, 6) is 3.55. The molecule has 8 heavy (non-hydrogen) atoms. The van der Waals surface area contributed by atoms with Crippen LogP contribution >= 0.6 is 0 Å². The monoisotopic (exact) mass is 108 g/mol. The van der Waals surface area contributed by atoms with Crippen LogP contribution in [0.1, 0.15) is 26.2 Å². The van der Waals surface area contributed by atoms with Crippen LogP contribution in [0.15, 0.2) is 0 Å². The summed E-state index contributed by atoms with van der Waals surface area (Å²) in [6, 6.07) is 0. The quantitative estimate of drug-likeness (QED) is 0.445. The molecule has 1 spiro atoms. The van der Waals surface area contributed by atoms with Gasteiger partial charge in [-0.15, -0.1) is 0 Å². The average Bonchev–Trinajstić information content (AvgIpc) is 2.55. The average molecular weight is 108 g/mol. The van der Waals surface area contributed by atoms with Crippen LogP contribution in [-0.2, 0) is 0 Å². The largest absolute Gasteiger partial charge is 0.0617 e. The van der Waals surface area contributed by atoms with Crippen molar-refractivity contribution < 1.29 is 0 Å². The van der Waals surface area contributed by atoms with Gasteiger partial charge in [0.15, 0.2) is 0 Å². The lowest BCUT2D eigenvalue weighted by Crippen LogP contribution is -1.79. The van der Waals surface area contributed by atoms with Gasteiger partial charge in [-0.3, -0.25) is 0 Å². The van der Waals surface area contributed by atoms with Crippen molar-refractivity contribution in [1.29, 1.82) is 0 Å². The van der Waals surface area contributed by atoms with Crippen LogP contribution in [-0.4, -0.2) is 0 Å². The van der Waals surface area contributed by atoms with E-state index in [9.17, 15) is 0 Å². The van der Waals surface area contributed by atoms with Gasteiger partial charge in [-0.1, -0.05) is 6.92 Å². The molecule has 0 aromatic carbocycles. The minimum atomic E-state index is 0.986. The van der Waals surface area contributed by atoms with E-state index in [1.807, 2.05) is 0 Å². The van der Waals surface area contributed by atoms with Gasteiger partial charge in [-0.25, -0.2) is 0 Å². The molecule has 0 aliphatic heterocycles. The van der Waals surface area contributed by atoms with E-state index < -0.39 is 0 Å². The molecule has 4 unspecified atom stereocenters. The summed E-state index contributed by atoms with van der Waals surface area (Å²) in [5.41, 5.74) is 0.986. The molecule has 0 saturated heterocycles. The topological polar surface area (TPSA) is 0 Å². The van der Waals surface area contributed by atoms with Crippen molar-refractivity contribution in [3.05, 3.63) is 0 Å². The third kappa shape index (κ3) is 0.191. The van der Waals surface area contributed by atoms with Gasteiger partial charge in [0, 0.05) is 0 Å². The first-order valence-electron chi connectivity index (χ1n) is 3.86. The van der Waals surface area contributed by atoms with E-state index in [-0.39, 0.29) is 0 Å². The van der Waals surface area contributed by atoms with Crippen LogP contribution in [0.5, 0.6) is 0 Å². The molecule has 4 atom stereocenters. The first-order chi connectivity index (χ1) is 3.86. The van der Waals surface area contributed by atoms with Crippen molar-refractivity contribution in [2.75, 3.05) is 0 Å². The highest BCUT2D eigenvalue weighted by Gasteiger charge is 2.78. The van der Waals surface area contributed by atoms with Crippen LogP contribution in [0.2, 0.25) is 0 Å². The normalized spacial score (nSPS) is 73.9. The second kappa shape index (κ2) is 0.778. The molecular weight excluding hydrogens is 96.1 g/mol. The molecule has 0 heterocycles. The standard InChI is InChI=1S/C8H12/c1-5-7-3-2-6-4-8(5,6)7/h5-7H,2-4H2,1H3. The van der Waals surface area contributed by atoms with E-state index in [0.717, 1.165) is 11.3 Å².